The number of nitrogens with zero attached hydrogens (tertiary/aromatic N) is 1. The number of carbonyl (C=O) groups excluding carboxylic acids is 3. The molecule has 202 valence electrons. The first kappa shape index (κ1) is 30.0. The molecule has 3 unspecified atom stereocenters. The van der Waals surface area contributed by atoms with Gasteiger partial charge < -0.3 is 25.4 Å². The Morgan fingerprint density at radius 2 is 1.76 bits per heavy atom. The van der Waals surface area contributed by atoms with Crippen LogP contribution in [-0.4, -0.2) is 51.4 Å². The summed E-state index contributed by atoms with van der Waals surface area (Å²) in [6.07, 6.45) is -0.175. The number of ether oxygens (including phenoxy) is 1. The number of nitrogens with one attached hydrogen (secondary N) is 2. The van der Waals surface area contributed by atoms with Gasteiger partial charge in [0.25, 0.3) is 0 Å². The highest BCUT2D eigenvalue weighted by molar-refractivity contribution is 7.80. The summed E-state index contributed by atoms with van der Waals surface area (Å²) in [5.74, 6) is -0.732. The van der Waals surface area contributed by atoms with Crippen LogP contribution in [0.1, 0.15) is 63.8 Å². The van der Waals surface area contributed by atoms with Crippen LogP contribution in [0.2, 0.25) is 0 Å². The topological polar surface area (TPSA) is 108 Å². The van der Waals surface area contributed by atoms with Crippen LogP contribution in [0.25, 0.3) is 0 Å². The molecular weight excluding hydrogens is 490 g/mol. The number of carbonyl (C=O) groups is 3. The Balaban J connectivity index is 2.47. The van der Waals surface area contributed by atoms with Crippen molar-refractivity contribution >= 4 is 30.5 Å². The smallest absolute Gasteiger partial charge is 0.408 e. The molecule has 3 atom stereocenters. The minimum Gasteiger partial charge on any atom is -0.508 e. The molecule has 0 fully saturated rings. The van der Waals surface area contributed by atoms with Crippen LogP contribution in [0.15, 0.2) is 48.5 Å². The van der Waals surface area contributed by atoms with Gasteiger partial charge in [-0.2, -0.15) is 12.6 Å². The number of phenols is 1. The lowest BCUT2D eigenvalue weighted by Gasteiger charge is -2.38. The molecule has 3 amide bonds. The van der Waals surface area contributed by atoms with Gasteiger partial charge in [-0.05, 0) is 69.9 Å². The molecule has 0 aromatic heterocycles. The maximum absolute atomic E-state index is 13.9. The van der Waals surface area contributed by atoms with Crippen molar-refractivity contribution in [1.82, 2.24) is 15.5 Å². The lowest BCUT2D eigenvalue weighted by Crippen LogP contribution is -2.56. The largest absolute Gasteiger partial charge is 0.508 e. The van der Waals surface area contributed by atoms with Gasteiger partial charge in [0.15, 0.2) is 0 Å². The third-order valence-corrected chi connectivity index (χ3v) is 6.23. The summed E-state index contributed by atoms with van der Waals surface area (Å²) < 4.78 is 5.33. The zero-order valence-corrected chi connectivity index (χ0v) is 23.3. The second-order valence-electron chi connectivity index (χ2n) is 10.0. The summed E-state index contributed by atoms with van der Waals surface area (Å²) >= 11 is 4.31. The average molecular weight is 530 g/mol. The molecule has 9 heteroatoms. The number of hydrogen-bond donors (Lipinski definition) is 4. The fourth-order valence-electron chi connectivity index (χ4n) is 3.78. The molecule has 0 radical (unpaired) electrons. The van der Waals surface area contributed by atoms with Crippen molar-refractivity contribution in [2.75, 3.05) is 5.75 Å². The number of hydrogen-bond acceptors (Lipinski definition) is 6. The summed E-state index contributed by atoms with van der Waals surface area (Å²) in [5.41, 5.74) is 1.30. The summed E-state index contributed by atoms with van der Waals surface area (Å²) in [5, 5.41) is 15.6. The Labute approximate surface area is 225 Å². The highest BCUT2D eigenvalue weighted by Gasteiger charge is 2.38. The van der Waals surface area contributed by atoms with Crippen LogP contribution in [-0.2, 0) is 20.9 Å². The van der Waals surface area contributed by atoms with Crippen molar-refractivity contribution in [3.63, 3.8) is 0 Å². The first-order valence-corrected chi connectivity index (χ1v) is 13.0. The van der Waals surface area contributed by atoms with Crippen molar-refractivity contribution in [1.29, 1.82) is 0 Å². The van der Waals surface area contributed by atoms with E-state index in [4.69, 9.17) is 4.74 Å². The molecule has 0 saturated carbocycles. The molecule has 0 aliphatic heterocycles. The number of benzene rings is 2. The Morgan fingerprint density at radius 1 is 1.11 bits per heavy atom. The van der Waals surface area contributed by atoms with Gasteiger partial charge in [-0.25, -0.2) is 4.79 Å². The molecule has 0 aliphatic rings. The van der Waals surface area contributed by atoms with E-state index in [-0.39, 0.29) is 30.0 Å². The maximum atomic E-state index is 13.9. The predicted molar refractivity (Wildman–Crippen MR) is 147 cm³/mol. The van der Waals surface area contributed by atoms with Gasteiger partial charge in [-0.3, -0.25) is 9.59 Å². The quantitative estimate of drug-likeness (QED) is 0.339. The average Bonchev–Trinajstić information content (AvgIpc) is 2.84. The maximum Gasteiger partial charge on any atom is 0.408 e. The lowest BCUT2D eigenvalue weighted by molar-refractivity contribution is -0.144. The zero-order chi connectivity index (χ0) is 27.8. The van der Waals surface area contributed by atoms with Crippen LogP contribution in [0.4, 0.5) is 4.79 Å². The molecule has 2 aromatic carbocycles. The fraction of sp³-hybridized carbons (Fsp3) is 0.464. The van der Waals surface area contributed by atoms with Crippen molar-refractivity contribution in [3.05, 3.63) is 65.2 Å². The Kier molecular flexibility index (Phi) is 10.9. The molecule has 3 N–H and O–H groups in total. The Bertz CT molecular complexity index is 1070. The monoisotopic (exact) mass is 529 g/mol. The minimum atomic E-state index is -1.02. The SMILES string of the molecule is CCC(C)N(C(=O)C(CS)NC(=O)OC(C)(C)C)C(C(=O)NCc1ccccc1)c1ccc(O)c(C)c1. The number of rotatable bonds is 10. The van der Waals surface area contributed by atoms with Crippen molar-refractivity contribution in [2.45, 2.75) is 78.2 Å². The molecule has 0 bridgehead atoms. The van der Waals surface area contributed by atoms with Gasteiger partial charge in [-0.1, -0.05) is 43.3 Å². The van der Waals surface area contributed by atoms with E-state index in [9.17, 15) is 19.5 Å². The van der Waals surface area contributed by atoms with Gasteiger partial charge >= 0.3 is 6.09 Å². The molecule has 0 saturated heterocycles. The lowest BCUT2D eigenvalue weighted by atomic mass is 9.98. The molecule has 0 heterocycles. The van der Waals surface area contributed by atoms with E-state index >= 15 is 0 Å². The van der Waals surface area contributed by atoms with E-state index in [1.807, 2.05) is 44.2 Å². The number of alkyl carbamates (subject to hydrolysis) is 1. The van der Waals surface area contributed by atoms with Crippen LogP contribution >= 0.6 is 12.6 Å². The Morgan fingerprint density at radius 3 is 2.30 bits per heavy atom. The third-order valence-electron chi connectivity index (χ3n) is 5.86. The van der Waals surface area contributed by atoms with E-state index in [2.05, 4.69) is 23.3 Å². The van der Waals surface area contributed by atoms with Crippen LogP contribution in [0.3, 0.4) is 0 Å². The van der Waals surface area contributed by atoms with Gasteiger partial charge in [0.1, 0.15) is 23.4 Å². The molecule has 37 heavy (non-hydrogen) atoms. The molecule has 0 spiro atoms. The van der Waals surface area contributed by atoms with Crippen LogP contribution in [0, 0.1) is 6.92 Å². The van der Waals surface area contributed by atoms with Gasteiger partial charge in [0.2, 0.25) is 11.8 Å². The zero-order valence-electron chi connectivity index (χ0n) is 22.4. The highest BCUT2D eigenvalue weighted by atomic mass is 32.1. The van der Waals surface area contributed by atoms with Gasteiger partial charge in [-0.15, -0.1) is 0 Å². The molecule has 8 nitrogen and oxygen atoms in total. The summed E-state index contributed by atoms with van der Waals surface area (Å²) in [6, 6.07) is 11.9. The fourth-order valence-corrected chi connectivity index (χ4v) is 4.03. The molecule has 2 rings (SSSR count). The number of phenolic OH excluding ortho intramolecular Hbond substituents is 1. The van der Waals surface area contributed by atoms with Crippen molar-refractivity contribution in [3.8, 4) is 5.75 Å². The second kappa shape index (κ2) is 13.4. The van der Waals surface area contributed by atoms with E-state index in [1.165, 1.54) is 11.0 Å². The first-order chi connectivity index (χ1) is 17.4. The molecule has 2 aromatic rings. The third kappa shape index (κ3) is 8.70. The van der Waals surface area contributed by atoms with E-state index in [0.29, 0.717) is 17.5 Å². The Hall–Kier alpha value is -3.20. The standard InChI is InChI=1S/C28H39N3O5S/c1-7-19(3)31(26(34)22(17-37)30-27(35)36-28(4,5)6)24(21-13-14-23(32)18(2)15-21)25(33)29-16-20-11-9-8-10-12-20/h8-15,19,22,24,32,37H,7,16-17H2,1-6H3,(H,29,33)(H,30,35). The number of aryl methyl sites for hydroxylation is 1. The molecular formula is C28H39N3O5S. The summed E-state index contributed by atoms with van der Waals surface area (Å²) in [4.78, 5) is 41.6. The van der Waals surface area contributed by atoms with Crippen LogP contribution in [0.5, 0.6) is 5.75 Å². The van der Waals surface area contributed by atoms with Crippen LogP contribution < -0.4 is 10.6 Å². The van der Waals surface area contributed by atoms with E-state index < -0.39 is 29.7 Å². The number of thiol groups is 1. The number of amides is 3. The second-order valence-corrected chi connectivity index (χ2v) is 10.4. The highest BCUT2D eigenvalue weighted by Crippen LogP contribution is 2.29. The first-order valence-electron chi connectivity index (χ1n) is 12.4. The van der Waals surface area contributed by atoms with E-state index in [0.717, 1.165) is 5.56 Å². The van der Waals surface area contributed by atoms with Crippen molar-refractivity contribution in [2.24, 2.45) is 0 Å². The summed E-state index contributed by atoms with van der Waals surface area (Å²) in [6.45, 7) is 11.0. The predicted octanol–water partition coefficient (Wildman–Crippen LogP) is 4.51. The summed E-state index contributed by atoms with van der Waals surface area (Å²) in [7, 11) is 0. The number of aromatic hydroxyl groups is 1. The van der Waals surface area contributed by atoms with Gasteiger partial charge in [0, 0.05) is 18.3 Å². The van der Waals surface area contributed by atoms with Crippen molar-refractivity contribution < 1.29 is 24.2 Å². The van der Waals surface area contributed by atoms with E-state index in [1.54, 1.807) is 39.8 Å². The minimum absolute atomic E-state index is 0.0119. The molecule has 0 aliphatic carbocycles. The van der Waals surface area contributed by atoms with Gasteiger partial charge in [0.05, 0.1) is 0 Å². The normalized spacial score (nSPS) is 13.7.